The first-order chi connectivity index (χ1) is 18.4. The molecule has 1 aromatic carbocycles. The molecule has 0 saturated carbocycles. The highest BCUT2D eigenvalue weighted by atomic mass is 19.3. The van der Waals surface area contributed by atoms with Crippen molar-refractivity contribution in [3.05, 3.63) is 63.5 Å². The molecule has 1 saturated heterocycles. The van der Waals surface area contributed by atoms with E-state index in [-0.39, 0.29) is 23.6 Å². The van der Waals surface area contributed by atoms with Crippen molar-refractivity contribution in [3.63, 3.8) is 0 Å². The van der Waals surface area contributed by atoms with E-state index in [4.69, 9.17) is 0 Å². The number of hydrogen-bond acceptors (Lipinski definition) is 6. The van der Waals surface area contributed by atoms with Crippen LogP contribution in [0.5, 0.6) is 0 Å². The minimum Gasteiger partial charge on any atom is -0.361 e. The number of halogens is 3. The van der Waals surface area contributed by atoms with E-state index in [1.54, 1.807) is 39.2 Å². The molecule has 0 spiro atoms. The Hall–Kier alpha value is -2.98. The van der Waals surface area contributed by atoms with Gasteiger partial charge in [-0.3, -0.25) is 9.78 Å². The van der Waals surface area contributed by atoms with Crippen molar-refractivity contribution in [2.75, 3.05) is 39.0 Å². The zero-order valence-electron chi connectivity index (χ0n) is 23.6. The molecule has 2 aromatic heterocycles. The lowest BCUT2D eigenvalue weighted by Crippen LogP contribution is -2.38. The summed E-state index contributed by atoms with van der Waals surface area (Å²) >= 11 is 0. The molecule has 7 nitrogen and oxygen atoms in total. The van der Waals surface area contributed by atoms with Crippen molar-refractivity contribution >= 4 is 16.6 Å². The largest absolute Gasteiger partial charge is 0.361 e. The number of aromatic nitrogens is 3. The quantitative estimate of drug-likeness (QED) is 0.396. The van der Waals surface area contributed by atoms with Crippen LogP contribution in [0.3, 0.4) is 0 Å². The third-order valence-electron chi connectivity index (χ3n) is 7.75. The van der Waals surface area contributed by atoms with Crippen LogP contribution in [0.4, 0.5) is 19.0 Å². The van der Waals surface area contributed by atoms with Gasteiger partial charge in [-0.2, -0.15) is 5.10 Å². The van der Waals surface area contributed by atoms with Gasteiger partial charge in [0, 0.05) is 54.8 Å². The van der Waals surface area contributed by atoms with Crippen LogP contribution in [0.2, 0.25) is 0 Å². The first-order valence-electron chi connectivity index (χ1n) is 13.6. The molecule has 1 N–H and O–H groups in total. The lowest BCUT2D eigenvalue weighted by molar-refractivity contribution is -0.0221. The Balaban J connectivity index is 1.65. The predicted octanol–water partition coefficient (Wildman–Crippen LogP) is 5.27. The standard InChI is InChI=1S/C29H39F3N6O/c1-18(2)38-13-10-20(11-14-38)25-16-22-23(17-33-25)28(39)37(6)35-27(22)34-19(3)21-8-7-9-24(26(21)30)29(31,32)12-15-36(4)5/h7-9,16-20H,10-15H2,1-6H3,(H,34,35)/t19-/m1/s1. The summed E-state index contributed by atoms with van der Waals surface area (Å²) in [6, 6.07) is 5.80. The second kappa shape index (κ2) is 11.6. The van der Waals surface area contributed by atoms with E-state index in [1.807, 2.05) is 6.07 Å². The van der Waals surface area contributed by atoms with Gasteiger partial charge in [0.1, 0.15) is 5.82 Å². The molecule has 4 rings (SSSR count). The Morgan fingerprint density at radius 1 is 1.15 bits per heavy atom. The highest BCUT2D eigenvalue weighted by molar-refractivity contribution is 5.90. The van der Waals surface area contributed by atoms with E-state index in [1.165, 1.54) is 16.8 Å². The number of fused-ring (bicyclic) bond motifs is 1. The minimum absolute atomic E-state index is 0.108. The van der Waals surface area contributed by atoms with Crippen molar-refractivity contribution in [2.45, 2.75) is 64.0 Å². The zero-order valence-corrected chi connectivity index (χ0v) is 23.6. The molecule has 1 aliphatic rings. The Morgan fingerprint density at radius 3 is 2.49 bits per heavy atom. The smallest absolute Gasteiger partial charge is 0.277 e. The van der Waals surface area contributed by atoms with Crippen molar-refractivity contribution in [1.29, 1.82) is 0 Å². The molecule has 0 aliphatic carbocycles. The molecule has 0 amide bonds. The highest BCUT2D eigenvalue weighted by Gasteiger charge is 2.35. The molecule has 0 bridgehead atoms. The van der Waals surface area contributed by atoms with E-state index in [9.17, 15) is 13.6 Å². The number of anilines is 1. The van der Waals surface area contributed by atoms with Crippen LogP contribution in [0.1, 0.15) is 68.8 Å². The monoisotopic (exact) mass is 544 g/mol. The van der Waals surface area contributed by atoms with Gasteiger partial charge >= 0.3 is 0 Å². The fraction of sp³-hybridized carbons (Fsp3) is 0.552. The molecule has 212 valence electrons. The lowest BCUT2D eigenvalue weighted by Gasteiger charge is -2.34. The fourth-order valence-electron chi connectivity index (χ4n) is 5.25. The highest BCUT2D eigenvalue weighted by Crippen LogP contribution is 2.37. The van der Waals surface area contributed by atoms with Crippen LogP contribution in [-0.2, 0) is 13.0 Å². The Labute approximate surface area is 228 Å². The number of alkyl halides is 2. The topological polar surface area (TPSA) is 66.3 Å². The molecule has 3 heterocycles. The van der Waals surface area contributed by atoms with Gasteiger partial charge in [-0.05, 0) is 66.9 Å². The van der Waals surface area contributed by atoms with Crippen molar-refractivity contribution in [3.8, 4) is 0 Å². The summed E-state index contributed by atoms with van der Waals surface area (Å²) in [5.41, 5.74) is 0.0974. The summed E-state index contributed by atoms with van der Waals surface area (Å²) in [6.07, 6.45) is 3.04. The van der Waals surface area contributed by atoms with E-state index < -0.39 is 29.8 Å². The first kappa shape index (κ1) is 29.0. The number of nitrogens with zero attached hydrogens (tertiary/aromatic N) is 5. The number of piperidine rings is 1. The molecule has 0 radical (unpaired) electrons. The van der Waals surface area contributed by atoms with Crippen molar-refractivity contribution < 1.29 is 13.2 Å². The molecular weight excluding hydrogens is 505 g/mol. The van der Waals surface area contributed by atoms with Gasteiger partial charge in [0.15, 0.2) is 5.82 Å². The van der Waals surface area contributed by atoms with E-state index >= 15 is 4.39 Å². The predicted molar refractivity (Wildman–Crippen MR) is 149 cm³/mol. The number of aryl methyl sites for hydroxylation is 1. The van der Waals surface area contributed by atoms with Gasteiger partial charge < -0.3 is 15.1 Å². The first-order valence-corrected chi connectivity index (χ1v) is 13.6. The SMILES string of the molecule is CC(C)N1CCC(c2cc3c(N[C@H](C)c4cccc(C(F)(F)CCN(C)C)c4F)nn(C)c(=O)c3cn2)CC1. The van der Waals surface area contributed by atoms with Crippen LogP contribution in [0, 0.1) is 5.82 Å². The molecule has 0 unspecified atom stereocenters. The van der Waals surface area contributed by atoms with Gasteiger partial charge in [0.25, 0.3) is 11.5 Å². The summed E-state index contributed by atoms with van der Waals surface area (Å²) in [4.78, 5) is 21.6. The average Bonchev–Trinajstić information content (AvgIpc) is 2.90. The second-order valence-electron chi connectivity index (χ2n) is 11.2. The maximum absolute atomic E-state index is 15.5. The fourth-order valence-corrected chi connectivity index (χ4v) is 5.25. The second-order valence-corrected chi connectivity index (χ2v) is 11.2. The summed E-state index contributed by atoms with van der Waals surface area (Å²) in [7, 11) is 4.95. The van der Waals surface area contributed by atoms with Crippen LogP contribution in [0.25, 0.3) is 10.8 Å². The third kappa shape index (κ3) is 6.27. The Bertz CT molecular complexity index is 1370. The molecule has 1 aliphatic heterocycles. The molecule has 1 atom stereocenters. The number of rotatable bonds is 9. The number of likely N-dealkylation sites (tertiary alicyclic amines) is 1. The van der Waals surface area contributed by atoms with Crippen molar-refractivity contribution in [2.24, 2.45) is 7.05 Å². The van der Waals surface area contributed by atoms with Crippen LogP contribution in [-0.4, -0.2) is 64.3 Å². The summed E-state index contributed by atoms with van der Waals surface area (Å²) < 4.78 is 46.5. The van der Waals surface area contributed by atoms with Crippen molar-refractivity contribution in [1.82, 2.24) is 24.6 Å². The van der Waals surface area contributed by atoms with Gasteiger partial charge in [-0.15, -0.1) is 0 Å². The number of benzene rings is 1. The van der Waals surface area contributed by atoms with Gasteiger partial charge in [0.05, 0.1) is 17.0 Å². The maximum atomic E-state index is 15.5. The number of nitrogens with one attached hydrogen (secondary N) is 1. The van der Waals surface area contributed by atoms with Gasteiger partial charge in [-0.25, -0.2) is 17.9 Å². The zero-order chi connectivity index (χ0) is 28.5. The lowest BCUT2D eigenvalue weighted by atomic mass is 9.91. The molecular formula is C29H39F3N6O. The van der Waals surface area contributed by atoms with Gasteiger partial charge in [0.2, 0.25) is 0 Å². The Kier molecular flexibility index (Phi) is 8.66. The average molecular weight is 545 g/mol. The van der Waals surface area contributed by atoms with E-state index in [0.29, 0.717) is 22.6 Å². The van der Waals surface area contributed by atoms with Crippen LogP contribution < -0.4 is 10.9 Å². The van der Waals surface area contributed by atoms with Gasteiger partial charge in [-0.1, -0.05) is 18.2 Å². The van der Waals surface area contributed by atoms with Crippen LogP contribution >= 0.6 is 0 Å². The van der Waals surface area contributed by atoms with Crippen LogP contribution in [0.15, 0.2) is 35.3 Å². The number of pyridine rings is 1. The third-order valence-corrected chi connectivity index (χ3v) is 7.75. The minimum atomic E-state index is -3.31. The molecule has 1 fully saturated rings. The number of hydrogen-bond donors (Lipinski definition) is 1. The van der Waals surface area contributed by atoms with E-state index in [2.05, 4.69) is 34.1 Å². The summed E-state index contributed by atoms with van der Waals surface area (Å²) in [5, 5.41) is 8.60. The van der Waals surface area contributed by atoms with E-state index in [0.717, 1.165) is 37.7 Å². The molecule has 10 heteroatoms. The molecule has 39 heavy (non-hydrogen) atoms. The Morgan fingerprint density at radius 2 is 1.85 bits per heavy atom. The summed E-state index contributed by atoms with van der Waals surface area (Å²) in [5.74, 6) is -3.60. The maximum Gasteiger partial charge on any atom is 0.277 e. The normalized spacial score (nSPS) is 16.4. The summed E-state index contributed by atoms with van der Waals surface area (Å²) in [6.45, 7) is 8.17. The molecule has 3 aromatic rings.